The van der Waals surface area contributed by atoms with Gasteiger partial charge in [0.15, 0.2) is 17.3 Å². The fourth-order valence-electron chi connectivity index (χ4n) is 1.11. The normalized spacial score (nSPS) is 17.2. The van der Waals surface area contributed by atoms with Gasteiger partial charge in [0.05, 0.1) is 5.57 Å². The van der Waals surface area contributed by atoms with Gasteiger partial charge < -0.3 is 0 Å². The predicted octanol–water partition coefficient (Wildman–Crippen LogP) is 0.600. The SMILES string of the molecule is CC(=O)C1=C(C)C(=O)C=CC1=O. The standard InChI is InChI=1S/C9H8O3/c1-5-7(11)3-4-8(12)9(5)6(2)10/h3-4H,1-2H3. The molecule has 62 valence electrons. The summed E-state index contributed by atoms with van der Waals surface area (Å²) in [7, 11) is 0. The number of rotatable bonds is 1. The molecule has 0 atom stereocenters. The van der Waals surface area contributed by atoms with E-state index in [1.165, 1.54) is 19.9 Å². The molecular weight excluding hydrogens is 156 g/mol. The van der Waals surface area contributed by atoms with Crippen molar-refractivity contribution in [2.24, 2.45) is 0 Å². The lowest BCUT2D eigenvalue weighted by atomic mass is 9.94. The van der Waals surface area contributed by atoms with Crippen LogP contribution in [0.3, 0.4) is 0 Å². The largest absolute Gasteiger partial charge is 0.294 e. The van der Waals surface area contributed by atoms with Crippen LogP contribution in [0, 0.1) is 0 Å². The molecule has 0 saturated heterocycles. The van der Waals surface area contributed by atoms with Crippen LogP contribution in [0.4, 0.5) is 0 Å². The van der Waals surface area contributed by atoms with E-state index in [4.69, 9.17) is 0 Å². The third-order valence-electron chi connectivity index (χ3n) is 1.73. The highest BCUT2D eigenvalue weighted by Gasteiger charge is 2.22. The van der Waals surface area contributed by atoms with Crippen molar-refractivity contribution >= 4 is 17.3 Å². The monoisotopic (exact) mass is 164 g/mol. The molecule has 0 aliphatic heterocycles. The van der Waals surface area contributed by atoms with E-state index in [0.29, 0.717) is 0 Å². The minimum absolute atomic E-state index is 0.0162. The summed E-state index contributed by atoms with van der Waals surface area (Å²) in [6, 6.07) is 0. The maximum Gasteiger partial charge on any atom is 0.189 e. The smallest absolute Gasteiger partial charge is 0.189 e. The van der Waals surface area contributed by atoms with Gasteiger partial charge in [-0.05, 0) is 26.0 Å². The van der Waals surface area contributed by atoms with Gasteiger partial charge in [-0.25, -0.2) is 0 Å². The zero-order chi connectivity index (χ0) is 9.30. The van der Waals surface area contributed by atoms with Crippen LogP contribution in [-0.4, -0.2) is 17.3 Å². The molecular formula is C9H8O3. The van der Waals surface area contributed by atoms with Gasteiger partial charge in [-0.1, -0.05) is 0 Å². The van der Waals surface area contributed by atoms with Crippen LogP contribution >= 0.6 is 0 Å². The molecule has 0 spiro atoms. The maximum absolute atomic E-state index is 11.1. The van der Waals surface area contributed by atoms with Gasteiger partial charge >= 0.3 is 0 Å². The molecule has 0 N–H and O–H groups in total. The van der Waals surface area contributed by atoms with Crippen molar-refractivity contribution in [2.45, 2.75) is 13.8 Å². The molecule has 0 amide bonds. The highest BCUT2D eigenvalue weighted by atomic mass is 16.2. The van der Waals surface area contributed by atoms with Gasteiger partial charge in [-0.2, -0.15) is 0 Å². The van der Waals surface area contributed by atoms with E-state index in [2.05, 4.69) is 0 Å². The van der Waals surface area contributed by atoms with Crippen LogP contribution in [0.5, 0.6) is 0 Å². The lowest BCUT2D eigenvalue weighted by Crippen LogP contribution is -2.17. The van der Waals surface area contributed by atoms with Crippen LogP contribution < -0.4 is 0 Å². The summed E-state index contributed by atoms with van der Waals surface area (Å²) < 4.78 is 0. The van der Waals surface area contributed by atoms with Gasteiger partial charge in [0, 0.05) is 5.57 Å². The second-order valence-electron chi connectivity index (χ2n) is 2.62. The minimum atomic E-state index is -0.375. The average molecular weight is 164 g/mol. The number of allylic oxidation sites excluding steroid dienone is 4. The Kier molecular flexibility index (Phi) is 2.04. The Morgan fingerprint density at radius 3 is 2.08 bits per heavy atom. The maximum atomic E-state index is 11.1. The number of hydrogen-bond donors (Lipinski definition) is 0. The highest BCUT2D eigenvalue weighted by Crippen LogP contribution is 2.13. The second kappa shape index (κ2) is 2.85. The Bertz CT molecular complexity index is 332. The molecule has 0 fully saturated rings. The van der Waals surface area contributed by atoms with Gasteiger partial charge in [0.2, 0.25) is 0 Å². The highest BCUT2D eigenvalue weighted by molar-refractivity contribution is 6.31. The predicted molar refractivity (Wildman–Crippen MR) is 42.5 cm³/mol. The Balaban J connectivity index is 3.24. The third-order valence-corrected chi connectivity index (χ3v) is 1.73. The van der Waals surface area contributed by atoms with Crippen molar-refractivity contribution in [3.8, 4) is 0 Å². The molecule has 12 heavy (non-hydrogen) atoms. The Labute approximate surface area is 69.8 Å². The van der Waals surface area contributed by atoms with Crippen molar-refractivity contribution in [1.29, 1.82) is 0 Å². The van der Waals surface area contributed by atoms with Crippen molar-refractivity contribution in [3.63, 3.8) is 0 Å². The van der Waals surface area contributed by atoms with Crippen molar-refractivity contribution in [1.82, 2.24) is 0 Å². The average Bonchev–Trinajstić information content (AvgIpc) is 1.97. The summed E-state index contributed by atoms with van der Waals surface area (Å²) in [5.74, 6) is -0.991. The van der Waals surface area contributed by atoms with Crippen LogP contribution in [0.1, 0.15) is 13.8 Å². The zero-order valence-corrected chi connectivity index (χ0v) is 6.88. The molecule has 0 aromatic heterocycles. The summed E-state index contributed by atoms with van der Waals surface area (Å²) in [5.41, 5.74) is 0.262. The molecule has 1 aliphatic rings. The first-order valence-electron chi connectivity index (χ1n) is 3.52. The lowest BCUT2D eigenvalue weighted by molar-refractivity contribution is -0.120. The molecule has 3 heteroatoms. The van der Waals surface area contributed by atoms with Gasteiger partial charge in [0.25, 0.3) is 0 Å². The van der Waals surface area contributed by atoms with Gasteiger partial charge in [-0.15, -0.1) is 0 Å². The van der Waals surface area contributed by atoms with E-state index in [1.807, 2.05) is 0 Å². The molecule has 1 aliphatic carbocycles. The van der Waals surface area contributed by atoms with Crippen LogP contribution in [0.25, 0.3) is 0 Å². The molecule has 0 unspecified atom stereocenters. The number of ketones is 3. The number of Topliss-reactive ketones (excluding diaryl/α,β-unsaturated/α-hetero) is 1. The Hall–Kier alpha value is -1.51. The van der Waals surface area contributed by atoms with E-state index in [1.54, 1.807) is 0 Å². The van der Waals surface area contributed by atoms with E-state index in [9.17, 15) is 14.4 Å². The fourth-order valence-corrected chi connectivity index (χ4v) is 1.11. The second-order valence-corrected chi connectivity index (χ2v) is 2.62. The quantitative estimate of drug-likeness (QED) is 0.421. The first-order chi connectivity index (χ1) is 5.54. The lowest BCUT2D eigenvalue weighted by Gasteiger charge is -2.07. The first-order valence-corrected chi connectivity index (χ1v) is 3.52. The Morgan fingerprint density at radius 1 is 1.17 bits per heavy atom. The summed E-state index contributed by atoms with van der Waals surface area (Å²) in [5, 5.41) is 0. The molecule has 3 nitrogen and oxygen atoms in total. The zero-order valence-electron chi connectivity index (χ0n) is 6.88. The van der Waals surface area contributed by atoms with Gasteiger partial charge in [-0.3, -0.25) is 14.4 Å². The van der Waals surface area contributed by atoms with Crippen LogP contribution in [0.15, 0.2) is 23.3 Å². The topological polar surface area (TPSA) is 51.2 Å². The summed E-state index contributed by atoms with van der Waals surface area (Å²) in [6.07, 6.45) is 2.32. The molecule has 0 aromatic rings. The summed E-state index contributed by atoms with van der Waals surface area (Å²) in [6.45, 7) is 2.77. The van der Waals surface area contributed by atoms with Crippen molar-refractivity contribution in [3.05, 3.63) is 23.3 Å². The third kappa shape index (κ3) is 1.25. The minimum Gasteiger partial charge on any atom is -0.294 e. The number of carbonyl (C=O) groups excluding carboxylic acids is 3. The number of hydrogen-bond acceptors (Lipinski definition) is 3. The number of carbonyl (C=O) groups is 3. The molecule has 0 saturated carbocycles. The molecule has 0 aromatic carbocycles. The molecule has 0 heterocycles. The van der Waals surface area contributed by atoms with E-state index >= 15 is 0 Å². The van der Waals surface area contributed by atoms with Crippen molar-refractivity contribution in [2.75, 3.05) is 0 Å². The van der Waals surface area contributed by atoms with Crippen LogP contribution in [0.2, 0.25) is 0 Å². The van der Waals surface area contributed by atoms with E-state index in [0.717, 1.165) is 6.08 Å². The van der Waals surface area contributed by atoms with E-state index in [-0.39, 0.29) is 28.5 Å². The summed E-state index contributed by atoms with van der Waals surface area (Å²) in [4.78, 5) is 33.0. The fraction of sp³-hybridized carbons (Fsp3) is 0.222. The molecule has 1 rings (SSSR count). The van der Waals surface area contributed by atoms with E-state index < -0.39 is 0 Å². The van der Waals surface area contributed by atoms with Crippen LogP contribution in [-0.2, 0) is 14.4 Å². The molecule has 0 radical (unpaired) electrons. The summed E-state index contributed by atoms with van der Waals surface area (Å²) >= 11 is 0. The molecule has 0 bridgehead atoms. The Morgan fingerprint density at radius 2 is 1.67 bits per heavy atom. The van der Waals surface area contributed by atoms with Gasteiger partial charge in [0.1, 0.15) is 0 Å². The van der Waals surface area contributed by atoms with Crippen molar-refractivity contribution < 1.29 is 14.4 Å². The first kappa shape index (κ1) is 8.59.